The van der Waals surface area contributed by atoms with E-state index in [4.69, 9.17) is 23.2 Å². The molecule has 1 saturated heterocycles. The zero-order valence-electron chi connectivity index (χ0n) is 11.9. The fraction of sp³-hybridized carbons (Fsp3) is 0.278. The molecule has 2 unspecified atom stereocenters. The summed E-state index contributed by atoms with van der Waals surface area (Å²) in [4.78, 5) is 14.9. The highest BCUT2D eigenvalue weighted by Gasteiger charge is 2.46. The Morgan fingerprint density at radius 2 is 1.73 bits per heavy atom. The van der Waals surface area contributed by atoms with Crippen LogP contribution in [-0.4, -0.2) is 23.8 Å². The third-order valence-corrected chi connectivity index (χ3v) is 5.57. The van der Waals surface area contributed by atoms with Crippen molar-refractivity contribution in [1.29, 1.82) is 0 Å². The van der Waals surface area contributed by atoms with Crippen LogP contribution in [0.4, 0.5) is 0 Å². The van der Waals surface area contributed by atoms with E-state index < -0.39 is 0 Å². The summed E-state index contributed by atoms with van der Waals surface area (Å²) >= 11 is 12.5. The van der Waals surface area contributed by atoms with Crippen molar-refractivity contribution in [2.24, 2.45) is 5.92 Å². The summed E-state index contributed by atoms with van der Waals surface area (Å²) in [6.07, 6.45) is 0. The van der Waals surface area contributed by atoms with E-state index in [9.17, 15) is 4.79 Å². The lowest BCUT2D eigenvalue weighted by molar-refractivity contribution is 0.0931. The Morgan fingerprint density at radius 1 is 1.00 bits per heavy atom. The molecule has 0 bridgehead atoms. The van der Waals surface area contributed by atoms with E-state index in [1.54, 1.807) is 6.07 Å². The molecule has 1 fully saturated rings. The van der Waals surface area contributed by atoms with Crippen molar-refractivity contribution in [3.63, 3.8) is 0 Å². The molecule has 0 amide bonds. The van der Waals surface area contributed by atoms with E-state index in [0.717, 1.165) is 30.8 Å². The lowest BCUT2D eigenvalue weighted by Crippen LogP contribution is -2.23. The normalized spacial score (nSPS) is 23.6. The lowest BCUT2D eigenvalue weighted by Gasteiger charge is -2.17. The smallest absolute Gasteiger partial charge is 0.168 e. The Hall–Kier alpha value is -1.35. The van der Waals surface area contributed by atoms with Gasteiger partial charge in [-0.3, -0.25) is 9.69 Å². The molecule has 4 rings (SSSR count). The van der Waals surface area contributed by atoms with Crippen LogP contribution >= 0.6 is 23.2 Å². The average Bonchev–Trinajstić information content (AvgIpc) is 3.03. The second kappa shape index (κ2) is 5.38. The number of carbonyl (C=O) groups excluding carboxylic acids is 1. The summed E-state index contributed by atoms with van der Waals surface area (Å²) in [5.74, 6) is 0.418. The molecule has 0 spiro atoms. The number of hydrogen-bond acceptors (Lipinski definition) is 2. The van der Waals surface area contributed by atoms with Crippen LogP contribution in [0.1, 0.15) is 27.4 Å². The van der Waals surface area contributed by atoms with Crippen LogP contribution in [0.5, 0.6) is 0 Å². The quantitative estimate of drug-likeness (QED) is 0.812. The minimum Gasteiger partial charge on any atom is -0.298 e. The maximum absolute atomic E-state index is 12.6. The van der Waals surface area contributed by atoms with E-state index in [-0.39, 0.29) is 17.6 Å². The molecule has 1 heterocycles. The largest absolute Gasteiger partial charge is 0.298 e. The third-order valence-electron chi connectivity index (χ3n) is 4.75. The van der Waals surface area contributed by atoms with Crippen molar-refractivity contribution in [3.8, 4) is 0 Å². The first kappa shape index (κ1) is 14.3. The fourth-order valence-corrected chi connectivity index (χ4v) is 4.23. The minimum absolute atomic E-state index is 0.0229. The maximum Gasteiger partial charge on any atom is 0.168 e. The van der Waals surface area contributed by atoms with Crippen LogP contribution in [0, 0.1) is 5.92 Å². The highest BCUT2D eigenvalue weighted by molar-refractivity contribution is 6.43. The van der Waals surface area contributed by atoms with Crippen LogP contribution in [0.25, 0.3) is 0 Å². The summed E-state index contributed by atoms with van der Waals surface area (Å²) in [6.45, 7) is 2.52. The summed E-state index contributed by atoms with van der Waals surface area (Å²) < 4.78 is 0. The molecule has 2 aromatic rings. The average molecular weight is 332 g/mol. The number of hydrogen-bond donors (Lipinski definition) is 0. The maximum atomic E-state index is 12.6. The topological polar surface area (TPSA) is 20.3 Å². The molecule has 2 atom stereocenters. The Kier molecular flexibility index (Phi) is 3.48. The van der Waals surface area contributed by atoms with Gasteiger partial charge in [-0.15, -0.1) is 0 Å². The Morgan fingerprint density at radius 3 is 2.50 bits per heavy atom. The number of benzene rings is 2. The monoisotopic (exact) mass is 331 g/mol. The molecule has 1 aliphatic heterocycles. The van der Waals surface area contributed by atoms with Crippen LogP contribution < -0.4 is 0 Å². The van der Waals surface area contributed by atoms with E-state index >= 15 is 0 Å². The van der Waals surface area contributed by atoms with Crippen molar-refractivity contribution in [2.75, 3.05) is 13.1 Å². The zero-order chi connectivity index (χ0) is 15.3. The molecule has 0 saturated carbocycles. The number of likely N-dealkylation sites (tertiary alicyclic amines) is 1. The molecule has 2 aliphatic rings. The van der Waals surface area contributed by atoms with E-state index in [1.807, 2.05) is 24.3 Å². The molecule has 0 radical (unpaired) electrons. The summed E-state index contributed by atoms with van der Waals surface area (Å²) in [5.41, 5.74) is 3.00. The van der Waals surface area contributed by atoms with Crippen LogP contribution in [0.15, 0.2) is 42.5 Å². The van der Waals surface area contributed by atoms with Gasteiger partial charge in [0.05, 0.1) is 10.0 Å². The first-order valence-electron chi connectivity index (χ1n) is 7.43. The van der Waals surface area contributed by atoms with Crippen molar-refractivity contribution < 1.29 is 4.79 Å². The van der Waals surface area contributed by atoms with E-state index in [0.29, 0.717) is 10.0 Å². The Balaban J connectivity index is 1.62. The van der Waals surface area contributed by atoms with Gasteiger partial charge in [-0.25, -0.2) is 0 Å². The highest BCUT2D eigenvalue weighted by Crippen LogP contribution is 2.47. The molecule has 2 aromatic carbocycles. The number of Topliss-reactive ketones (excluding diaryl/α,β-unsaturated/α-hetero) is 1. The van der Waals surface area contributed by atoms with Crippen LogP contribution in [0.3, 0.4) is 0 Å². The number of rotatable bonds is 2. The Bertz CT molecular complexity index is 744. The second-order valence-corrected chi connectivity index (χ2v) is 6.86. The third kappa shape index (κ3) is 2.18. The SMILES string of the molecule is O=C1c2ccc(Cl)c(Cl)c2C2CN(Cc3ccccc3)CC12. The Labute approximate surface area is 139 Å². The van der Waals surface area contributed by atoms with Crippen molar-refractivity contribution in [2.45, 2.75) is 12.5 Å². The number of carbonyl (C=O) groups is 1. The van der Waals surface area contributed by atoms with E-state index in [1.165, 1.54) is 5.56 Å². The number of halogens is 2. The zero-order valence-corrected chi connectivity index (χ0v) is 13.4. The molecule has 112 valence electrons. The molecule has 22 heavy (non-hydrogen) atoms. The predicted octanol–water partition coefficient (Wildman–Crippen LogP) is 4.41. The number of ketones is 1. The predicted molar refractivity (Wildman–Crippen MR) is 88.7 cm³/mol. The van der Waals surface area contributed by atoms with Crippen molar-refractivity contribution in [3.05, 3.63) is 69.2 Å². The lowest BCUT2D eigenvalue weighted by atomic mass is 9.96. The molecule has 0 aromatic heterocycles. The molecule has 2 nitrogen and oxygen atoms in total. The number of nitrogens with zero attached hydrogens (tertiary/aromatic N) is 1. The van der Waals surface area contributed by atoms with Gasteiger partial charge in [0.1, 0.15) is 0 Å². The van der Waals surface area contributed by atoms with Gasteiger partial charge in [0.25, 0.3) is 0 Å². The van der Waals surface area contributed by atoms with Crippen molar-refractivity contribution in [1.82, 2.24) is 4.90 Å². The molecule has 1 aliphatic carbocycles. The van der Waals surface area contributed by atoms with Gasteiger partial charge in [0.2, 0.25) is 0 Å². The number of fused-ring (bicyclic) bond motifs is 3. The van der Waals surface area contributed by atoms with Gasteiger partial charge in [-0.1, -0.05) is 53.5 Å². The first-order chi connectivity index (χ1) is 10.6. The van der Waals surface area contributed by atoms with Crippen molar-refractivity contribution >= 4 is 29.0 Å². The molecular weight excluding hydrogens is 317 g/mol. The summed E-state index contributed by atoms with van der Waals surface area (Å²) in [6, 6.07) is 13.9. The summed E-state index contributed by atoms with van der Waals surface area (Å²) in [5, 5.41) is 1.09. The van der Waals surface area contributed by atoms with Gasteiger partial charge in [0.15, 0.2) is 5.78 Å². The fourth-order valence-electron chi connectivity index (χ4n) is 3.76. The van der Waals surface area contributed by atoms with Crippen LogP contribution in [-0.2, 0) is 6.54 Å². The van der Waals surface area contributed by atoms with Gasteiger partial charge in [0, 0.05) is 37.0 Å². The van der Waals surface area contributed by atoms with Crippen LogP contribution in [0.2, 0.25) is 10.0 Å². The van der Waals surface area contributed by atoms with Gasteiger partial charge >= 0.3 is 0 Å². The van der Waals surface area contributed by atoms with E-state index in [2.05, 4.69) is 17.0 Å². The highest BCUT2D eigenvalue weighted by atomic mass is 35.5. The van der Waals surface area contributed by atoms with Gasteiger partial charge in [-0.05, 0) is 23.3 Å². The second-order valence-electron chi connectivity index (χ2n) is 6.08. The molecule has 0 N–H and O–H groups in total. The molecular formula is C18H15Cl2NO. The molecule has 4 heteroatoms. The van der Waals surface area contributed by atoms with Gasteiger partial charge in [-0.2, -0.15) is 0 Å². The standard InChI is InChI=1S/C18H15Cl2NO/c19-15-7-6-12-16(17(15)20)13-9-21(10-14(13)18(12)22)8-11-4-2-1-3-5-11/h1-7,13-14H,8-10H2. The van der Waals surface area contributed by atoms with Gasteiger partial charge < -0.3 is 0 Å². The minimum atomic E-state index is 0.0229. The summed E-state index contributed by atoms with van der Waals surface area (Å²) in [7, 11) is 0. The first-order valence-corrected chi connectivity index (χ1v) is 8.19.